The number of nitrogens with one attached hydrogen (secondary N) is 2. The second-order valence-corrected chi connectivity index (χ2v) is 5.56. The number of aliphatic carboxylic acids is 1. The molecule has 0 spiro atoms. The number of carbonyl (C=O) groups is 4. The van der Waals surface area contributed by atoms with E-state index < -0.39 is 18.1 Å². The van der Waals surface area contributed by atoms with E-state index in [1.54, 1.807) is 0 Å². The van der Waals surface area contributed by atoms with Gasteiger partial charge in [-0.1, -0.05) is 0 Å². The van der Waals surface area contributed by atoms with E-state index in [4.69, 9.17) is 10.8 Å². The van der Waals surface area contributed by atoms with Crippen molar-refractivity contribution >= 4 is 24.1 Å². The number of nitrogens with zero attached hydrogens (tertiary/aromatic N) is 1. The van der Waals surface area contributed by atoms with E-state index >= 15 is 0 Å². The van der Waals surface area contributed by atoms with Crippen LogP contribution in [0.5, 0.6) is 0 Å². The molecular formula is C15H28N4O5. The average molecular weight is 344 g/mol. The van der Waals surface area contributed by atoms with E-state index in [1.165, 1.54) is 19.0 Å². The summed E-state index contributed by atoms with van der Waals surface area (Å²) in [5, 5.41) is 14.2. The molecular weight excluding hydrogens is 316 g/mol. The van der Waals surface area contributed by atoms with E-state index in [9.17, 15) is 19.2 Å². The summed E-state index contributed by atoms with van der Waals surface area (Å²) in [6, 6.07) is -1.39. The molecule has 24 heavy (non-hydrogen) atoms. The highest BCUT2D eigenvalue weighted by Crippen LogP contribution is 2.02. The number of carboxylic acids is 1. The third-order valence-electron chi connectivity index (χ3n) is 3.61. The van der Waals surface area contributed by atoms with E-state index in [0.29, 0.717) is 32.1 Å². The smallest absolute Gasteiger partial charge is 0.320 e. The van der Waals surface area contributed by atoms with E-state index in [0.717, 1.165) is 0 Å². The van der Waals surface area contributed by atoms with Crippen LogP contribution in [-0.2, 0) is 19.2 Å². The van der Waals surface area contributed by atoms with Crippen molar-refractivity contribution in [2.45, 2.75) is 44.2 Å². The Balaban J connectivity index is 3.82. The highest BCUT2D eigenvalue weighted by atomic mass is 16.4. The number of likely N-dealkylation sites (N-methyl/N-ethyl adjacent to an activating group) is 2. The maximum absolute atomic E-state index is 11.8. The Bertz CT molecular complexity index is 430. The van der Waals surface area contributed by atoms with E-state index in [-0.39, 0.29) is 31.2 Å². The molecule has 0 aliphatic rings. The van der Waals surface area contributed by atoms with Gasteiger partial charge in [0.25, 0.3) is 0 Å². The molecule has 0 heterocycles. The predicted molar refractivity (Wildman–Crippen MR) is 88.3 cm³/mol. The summed E-state index contributed by atoms with van der Waals surface area (Å²) in [5.74, 6) is -1.47. The molecule has 2 amide bonds. The van der Waals surface area contributed by atoms with Gasteiger partial charge in [-0.25, -0.2) is 0 Å². The molecule has 2 atom stereocenters. The van der Waals surface area contributed by atoms with Crippen LogP contribution in [0, 0.1) is 0 Å². The standard InChI is InChI=1S/C15H28N4O5/c1-17-12(15(23)24)6-7-13(21)18-8-4-3-5-11(16)14(22)19(2)9-10-20/h10-12,17H,3-9,16H2,1-2H3,(H,18,21)(H,23,24). The number of aldehydes is 1. The van der Waals surface area contributed by atoms with Crippen LogP contribution in [-0.4, -0.2) is 73.3 Å². The highest BCUT2D eigenvalue weighted by Gasteiger charge is 2.17. The molecule has 0 bridgehead atoms. The van der Waals surface area contributed by atoms with Gasteiger partial charge in [0, 0.05) is 20.0 Å². The first kappa shape index (κ1) is 22.0. The van der Waals surface area contributed by atoms with Crippen LogP contribution in [0.3, 0.4) is 0 Å². The Morgan fingerprint density at radius 3 is 2.46 bits per heavy atom. The molecule has 2 unspecified atom stereocenters. The topological polar surface area (TPSA) is 142 Å². The number of carboxylic acid groups (broad SMARTS) is 1. The molecule has 0 radical (unpaired) electrons. The van der Waals surface area contributed by atoms with Gasteiger partial charge in [-0.2, -0.15) is 0 Å². The van der Waals surface area contributed by atoms with Crippen LogP contribution in [0.2, 0.25) is 0 Å². The molecule has 9 heteroatoms. The lowest BCUT2D eigenvalue weighted by Crippen LogP contribution is -2.42. The molecule has 0 aromatic rings. The van der Waals surface area contributed by atoms with Crippen molar-refractivity contribution in [2.24, 2.45) is 5.73 Å². The van der Waals surface area contributed by atoms with E-state index in [1.807, 2.05) is 0 Å². The lowest BCUT2D eigenvalue weighted by molar-refractivity contribution is -0.139. The number of rotatable bonds is 13. The van der Waals surface area contributed by atoms with Crippen LogP contribution in [0.4, 0.5) is 0 Å². The average Bonchev–Trinajstić information content (AvgIpc) is 2.54. The number of nitrogens with two attached hydrogens (primary N) is 1. The molecule has 0 aliphatic carbocycles. The number of carbonyl (C=O) groups excluding carboxylic acids is 3. The third-order valence-corrected chi connectivity index (χ3v) is 3.61. The van der Waals surface area contributed by atoms with Gasteiger partial charge in [-0.15, -0.1) is 0 Å². The van der Waals surface area contributed by atoms with Crippen molar-refractivity contribution in [3.63, 3.8) is 0 Å². The van der Waals surface area contributed by atoms with Crippen LogP contribution < -0.4 is 16.4 Å². The minimum Gasteiger partial charge on any atom is -0.480 e. The quantitative estimate of drug-likeness (QED) is 0.240. The lowest BCUT2D eigenvalue weighted by atomic mass is 10.1. The van der Waals surface area contributed by atoms with Crippen molar-refractivity contribution < 1.29 is 24.3 Å². The normalized spacial score (nSPS) is 13.0. The lowest BCUT2D eigenvalue weighted by Gasteiger charge is -2.18. The first-order chi connectivity index (χ1) is 11.3. The van der Waals surface area contributed by atoms with Crippen LogP contribution in [0.15, 0.2) is 0 Å². The number of hydrogen-bond donors (Lipinski definition) is 4. The highest BCUT2D eigenvalue weighted by molar-refractivity contribution is 5.83. The molecule has 0 saturated carbocycles. The zero-order valence-corrected chi connectivity index (χ0v) is 14.3. The summed E-state index contributed by atoms with van der Waals surface area (Å²) in [5.41, 5.74) is 5.76. The molecule has 5 N–H and O–H groups in total. The fourth-order valence-electron chi connectivity index (χ4n) is 2.08. The molecule has 0 aliphatic heterocycles. The van der Waals surface area contributed by atoms with Gasteiger partial charge in [0.1, 0.15) is 12.3 Å². The Morgan fingerprint density at radius 2 is 1.92 bits per heavy atom. The Hall–Kier alpha value is -2.00. The van der Waals surface area contributed by atoms with E-state index in [2.05, 4.69) is 10.6 Å². The molecule has 0 saturated heterocycles. The fraction of sp³-hybridized carbons (Fsp3) is 0.733. The molecule has 138 valence electrons. The molecule has 9 nitrogen and oxygen atoms in total. The van der Waals surface area contributed by atoms with Gasteiger partial charge in [0.15, 0.2) is 0 Å². The van der Waals surface area contributed by atoms with Gasteiger partial charge >= 0.3 is 5.97 Å². The second-order valence-electron chi connectivity index (χ2n) is 5.56. The monoisotopic (exact) mass is 344 g/mol. The van der Waals surface area contributed by atoms with Gasteiger partial charge in [0.2, 0.25) is 11.8 Å². The van der Waals surface area contributed by atoms with Crippen LogP contribution >= 0.6 is 0 Å². The molecule has 0 rings (SSSR count). The molecule has 0 aromatic carbocycles. The number of unbranched alkanes of at least 4 members (excludes halogenated alkanes) is 1. The number of hydrogen-bond acceptors (Lipinski definition) is 6. The predicted octanol–water partition coefficient (Wildman–Crippen LogP) is -1.29. The van der Waals surface area contributed by atoms with Crippen LogP contribution in [0.25, 0.3) is 0 Å². The number of amides is 2. The summed E-state index contributed by atoms with van der Waals surface area (Å²) in [4.78, 5) is 45.8. The SMILES string of the molecule is CNC(CCC(=O)NCCCCC(N)C(=O)N(C)CC=O)C(=O)O. The summed E-state index contributed by atoms with van der Waals surface area (Å²) in [7, 11) is 3.06. The van der Waals surface area contributed by atoms with Crippen molar-refractivity contribution in [3.05, 3.63) is 0 Å². The Kier molecular flexibility index (Phi) is 11.4. The van der Waals surface area contributed by atoms with Crippen LogP contribution in [0.1, 0.15) is 32.1 Å². The maximum Gasteiger partial charge on any atom is 0.320 e. The van der Waals surface area contributed by atoms with Crippen molar-refractivity contribution in [1.29, 1.82) is 0 Å². The first-order valence-electron chi connectivity index (χ1n) is 7.94. The zero-order chi connectivity index (χ0) is 18.5. The third kappa shape index (κ3) is 9.21. The minimum atomic E-state index is -0.983. The summed E-state index contributed by atoms with van der Waals surface area (Å²) >= 11 is 0. The van der Waals surface area contributed by atoms with Gasteiger partial charge in [-0.3, -0.25) is 14.4 Å². The second kappa shape index (κ2) is 12.4. The van der Waals surface area contributed by atoms with Crippen molar-refractivity contribution in [2.75, 3.05) is 27.2 Å². The minimum absolute atomic E-state index is 0.0204. The Morgan fingerprint density at radius 1 is 1.25 bits per heavy atom. The van der Waals surface area contributed by atoms with Gasteiger partial charge in [-0.05, 0) is 32.7 Å². The fourth-order valence-corrected chi connectivity index (χ4v) is 2.08. The Labute approximate surface area is 141 Å². The summed E-state index contributed by atoms with van der Waals surface area (Å²) in [6.07, 6.45) is 2.79. The maximum atomic E-state index is 11.8. The van der Waals surface area contributed by atoms with Crippen molar-refractivity contribution in [1.82, 2.24) is 15.5 Å². The first-order valence-corrected chi connectivity index (χ1v) is 7.94. The molecule has 0 fully saturated rings. The molecule has 0 aromatic heterocycles. The van der Waals surface area contributed by atoms with Gasteiger partial charge < -0.3 is 31.2 Å². The van der Waals surface area contributed by atoms with Gasteiger partial charge in [0.05, 0.1) is 12.6 Å². The largest absolute Gasteiger partial charge is 0.480 e. The summed E-state index contributed by atoms with van der Waals surface area (Å²) < 4.78 is 0. The zero-order valence-electron chi connectivity index (χ0n) is 14.3. The summed E-state index contributed by atoms with van der Waals surface area (Å²) in [6.45, 7) is 0.466. The van der Waals surface area contributed by atoms with Crippen molar-refractivity contribution in [3.8, 4) is 0 Å².